The van der Waals surface area contributed by atoms with Gasteiger partial charge < -0.3 is 9.73 Å². The van der Waals surface area contributed by atoms with Gasteiger partial charge in [0.25, 0.3) is 5.56 Å². The van der Waals surface area contributed by atoms with Crippen molar-refractivity contribution in [3.63, 3.8) is 0 Å². The van der Waals surface area contributed by atoms with Crippen LogP contribution in [0.15, 0.2) is 62.9 Å². The first-order valence-corrected chi connectivity index (χ1v) is 8.11. The summed E-state index contributed by atoms with van der Waals surface area (Å²) in [5.74, 6) is 0.302. The molecular formula is C18H14FN5O3. The number of furan rings is 1. The van der Waals surface area contributed by atoms with E-state index in [1.54, 1.807) is 30.3 Å². The minimum atomic E-state index is -0.609. The maximum absolute atomic E-state index is 13.7. The van der Waals surface area contributed by atoms with Gasteiger partial charge in [-0.3, -0.25) is 14.3 Å². The van der Waals surface area contributed by atoms with Crippen LogP contribution in [-0.2, 0) is 13.1 Å². The molecule has 0 spiro atoms. The first-order chi connectivity index (χ1) is 13.1. The summed E-state index contributed by atoms with van der Waals surface area (Å²) < 4.78 is 19.9. The van der Waals surface area contributed by atoms with Gasteiger partial charge in [0.1, 0.15) is 17.0 Å². The highest BCUT2D eigenvalue weighted by Gasteiger charge is 2.12. The molecule has 0 unspecified atom stereocenters. The van der Waals surface area contributed by atoms with Crippen LogP contribution in [0.4, 0.5) is 10.3 Å². The molecule has 27 heavy (non-hydrogen) atoms. The molecule has 0 aliphatic carbocycles. The lowest BCUT2D eigenvalue weighted by molar-refractivity contribution is 0.484. The average Bonchev–Trinajstić information content (AvgIpc) is 3.17. The van der Waals surface area contributed by atoms with Gasteiger partial charge in [0.15, 0.2) is 5.65 Å². The molecule has 136 valence electrons. The summed E-state index contributed by atoms with van der Waals surface area (Å²) in [5.41, 5.74) is -0.580. The zero-order valence-electron chi connectivity index (χ0n) is 14.0. The van der Waals surface area contributed by atoms with Crippen molar-refractivity contribution in [1.82, 2.24) is 19.5 Å². The zero-order valence-corrected chi connectivity index (χ0v) is 14.0. The molecule has 4 aromatic rings. The Balaban J connectivity index is 1.64. The van der Waals surface area contributed by atoms with Crippen LogP contribution >= 0.6 is 0 Å². The Labute approximate surface area is 151 Å². The number of aromatic nitrogens is 4. The first kappa shape index (κ1) is 16.7. The molecule has 2 N–H and O–H groups in total. The zero-order chi connectivity index (χ0) is 18.8. The summed E-state index contributed by atoms with van der Waals surface area (Å²) in [6.07, 6.45) is 2.79. The summed E-state index contributed by atoms with van der Waals surface area (Å²) in [4.78, 5) is 35.6. The number of fused-ring (bicyclic) bond motifs is 1. The Morgan fingerprint density at radius 3 is 2.81 bits per heavy atom. The van der Waals surface area contributed by atoms with Gasteiger partial charge in [-0.2, -0.15) is 4.98 Å². The third-order valence-corrected chi connectivity index (χ3v) is 4.02. The van der Waals surface area contributed by atoms with Crippen LogP contribution in [0.5, 0.6) is 0 Å². The number of rotatable bonds is 5. The fourth-order valence-corrected chi connectivity index (χ4v) is 2.64. The van der Waals surface area contributed by atoms with Crippen LogP contribution in [0.25, 0.3) is 11.0 Å². The van der Waals surface area contributed by atoms with Crippen molar-refractivity contribution in [2.45, 2.75) is 13.1 Å². The first-order valence-electron chi connectivity index (χ1n) is 8.11. The Morgan fingerprint density at radius 1 is 1.19 bits per heavy atom. The molecule has 0 saturated carbocycles. The molecule has 3 aromatic heterocycles. The second kappa shape index (κ2) is 6.87. The molecule has 0 aliphatic heterocycles. The highest BCUT2D eigenvalue weighted by molar-refractivity contribution is 5.73. The SMILES string of the molecule is O=c1[nH]c2nc(NCc3ccccc3F)ncc2c(=O)n1Cc1ccco1. The summed E-state index contributed by atoms with van der Waals surface area (Å²) in [6.45, 7) is 0.169. The molecule has 1 aromatic carbocycles. The molecule has 3 heterocycles. The standard InChI is InChI=1S/C18H14FN5O3/c19-14-6-2-1-4-11(14)8-20-17-21-9-13-15(22-17)23-18(26)24(16(13)25)10-12-5-3-7-27-12/h1-7,9H,8,10H2,(H2,20,21,22,23,26). The van der Waals surface area contributed by atoms with Gasteiger partial charge in [0, 0.05) is 18.3 Å². The quantitative estimate of drug-likeness (QED) is 0.558. The molecule has 0 atom stereocenters. The molecule has 9 heteroatoms. The lowest BCUT2D eigenvalue weighted by Gasteiger charge is -2.08. The van der Waals surface area contributed by atoms with Gasteiger partial charge in [-0.1, -0.05) is 18.2 Å². The Kier molecular flexibility index (Phi) is 4.25. The number of aromatic amines is 1. The van der Waals surface area contributed by atoms with Crippen molar-refractivity contribution in [3.05, 3.63) is 86.8 Å². The van der Waals surface area contributed by atoms with Gasteiger partial charge in [0.05, 0.1) is 12.8 Å². The number of H-pyrrole nitrogens is 1. The minimum Gasteiger partial charge on any atom is -0.467 e. The monoisotopic (exact) mass is 367 g/mol. The van der Waals surface area contributed by atoms with Crippen LogP contribution in [0.1, 0.15) is 11.3 Å². The van der Waals surface area contributed by atoms with E-state index in [1.165, 1.54) is 18.5 Å². The highest BCUT2D eigenvalue weighted by atomic mass is 19.1. The van der Waals surface area contributed by atoms with Crippen LogP contribution in [0.2, 0.25) is 0 Å². The summed E-state index contributed by atoms with van der Waals surface area (Å²) >= 11 is 0. The maximum Gasteiger partial charge on any atom is 0.330 e. The van der Waals surface area contributed by atoms with E-state index < -0.39 is 11.2 Å². The molecule has 0 amide bonds. The maximum atomic E-state index is 13.7. The highest BCUT2D eigenvalue weighted by Crippen LogP contribution is 2.10. The van der Waals surface area contributed by atoms with Crippen molar-refractivity contribution < 1.29 is 8.81 Å². The number of hydrogen-bond donors (Lipinski definition) is 2. The fourth-order valence-electron chi connectivity index (χ4n) is 2.64. The van der Waals surface area contributed by atoms with Crippen molar-refractivity contribution in [3.8, 4) is 0 Å². The normalized spacial score (nSPS) is 11.0. The average molecular weight is 367 g/mol. The van der Waals surface area contributed by atoms with E-state index in [0.717, 1.165) is 4.57 Å². The number of nitrogens with zero attached hydrogens (tertiary/aromatic N) is 3. The predicted octanol–water partition coefficient (Wildman–Crippen LogP) is 1.87. The molecule has 0 aliphatic rings. The van der Waals surface area contributed by atoms with Gasteiger partial charge in [-0.05, 0) is 18.2 Å². The van der Waals surface area contributed by atoms with E-state index in [2.05, 4.69) is 20.3 Å². The number of hydrogen-bond acceptors (Lipinski definition) is 6. The molecule has 0 radical (unpaired) electrons. The lowest BCUT2D eigenvalue weighted by Crippen LogP contribution is -2.35. The van der Waals surface area contributed by atoms with Crippen molar-refractivity contribution >= 4 is 17.0 Å². The van der Waals surface area contributed by atoms with E-state index in [4.69, 9.17) is 4.42 Å². The van der Waals surface area contributed by atoms with E-state index in [9.17, 15) is 14.0 Å². The number of nitrogens with one attached hydrogen (secondary N) is 2. The molecular weight excluding hydrogens is 353 g/mol. The lowest BCUT2D eigenvalue weighted by atomic mass is 10.2. The Morgan fingerprint density at radius 2 is 2.04 bits per heavy atom. The fraction of sp³-hybridized carbons (Fsp3) is 0.111. The smallest absolute Gasteiger partial charge is 0.330 e. The van der Waals surface area contributed by atoms with Crippen LogP contribution in [0.3, 0.4) is 0 Å². The molecule has 4 rings (SSSR count). The van der Waals surface area contributed by atoms with E-state index in [-0.39, 0.29) is 35.9 Å². The minimum absolute atomic E-state index is 0.00436. The third kappa shape index (κ3) is 3.34. The molecule has 0 bridgehead atoms. The predicted molar refractivity (Wildman–Crippen MR) is 96.0 cm³/mol. The molecule has 8 nitrogen and oxygen atoms in total. The second-order valence-electron chi connectivity index (χ2n) is 5.80. The van der Waals surface area contributed by atoms with Crippen LogP contribution in [0, 0.1) is 5.82 Å². The number of anilines is 1. The van der Waals surface area contributed by atoms with Gasteiger partial charge in [-0.25, -0.2) is 14.2 Å². The van der Waals surface area contributed by atoms with Gasteiger partial charge in [-0.15, -0.1) is 0 Å². The topological polar surface area (TPSA) is 106 Å². The Bertz CT molecular complexity index is 1210. The van der Waals surface area contributed by atoms with Gasteiger partial charge >= 0.3 is 5.69 Å². The van der Waals surface area contributed by atoms with E-state index in [0.29, 0.717) is 11.3 Å². The number of benzene rings is 1. The van der Waals surface area contributed by atoms with E-state index in [1.807, 2.05) is 0 Å². The van der Waals surface area contributed by atoms with Crippen LogP contribution in [-0.4, -0.2) is 19.5 Å². The largest absolute Gasteiger partial charge is 0.467 e. The third-order valence-electron chi connectivity index (χ3n) is 4.02. The Hall–Kier alpha value is -3.75. The van der Waals surface area contributed by atoms with Crippen LogP contribution < -0.4 is 16.6 Å². The van der Waals surface area contributed by atoms with Gasteiger partial charge in [0.2, 0.25) is 5.95 Å². The van der Waals surface area contributed by atoms with E-state index >= 15 is 0 Å². The van der Waals surface area contributed by atoms with Crippen molar-refractivity contribution in [1.29, 1.82) is 0 Å². The second-order valence-corrected chi connectivity index (χ2v) is 5.80. The summed E-state index contributed by atoms with van der Waals surface area (Å²) in [7, 11) is 0. The summed E-state index contributed by atoms with van der Waals surface area (Å²) in [5, 5.41) is 3.04. The summed E-state index contributed by atoms with van der Waals surface area (Å²) in [6, 6.07) is 9.66. The van der Waals surface area contributed by atoms with Crippen molar-refractivity contribution in [2.75, 3.05) is 5.32 Å². The molecule has 0 saturated heterocycles. The molecule has 0 fully saturated rings. The van der Waals surface area contributed by atoms with Crippen molar-refractivity contribution in [2.24, 2.45) is 0 Å². The number of halogens is 1.